The predicted molar refractivity (Wildman–Crippen MR) is 76.5 cm³/mol. The summed E-state index contributed by atoms with van der Waals surface area (Å²) < 4.78 is 5.79. The second-order valence-corrected chi connectivity index (χ2v) is 5.10. The summed E-state index contributed by atoms with van der Waals surface area (Å²) in [6.45, 7) is 3.30. The van der Waals surface area contributed by atoms with Gasteiger partial charge in [-0.1, -0.05) is 30.3 Å². The lowest BCUT2D eigenvalue weighted by Gasteiger charge is -2.15. The van der Waals surface area contributed by atoms with Crippen LogP contribution in [0.5, 0.6) is 5.75 Å². The molecule has 0 spiro atoms. The van der Waals surface area contributed by atoms with Crippen LogP contribution in [0.4, 0.5) is 0 Å². The summed E-state index contributed by atoms with van der Waals surface area (Å²) in [5, 5.41) is 11.9. The molecule has 0 bridgehead atoms. The molecule has 2 aromatic carbocycles. The fourth-order valence-electron chi connectivity index (χ4n) is 2.57. The fraction of sp³-hybridized carbons (Fsp3) is 0.375. The number of β-amino-alcohol motifs (C(OH)–C–C–N with tert-alkyl or cyclic N) is 1. The molecule has 1 saturated heterocycles. The first kappa shape index (κ1) is 12.5. The minimum absolute atomic E-state index is 0.152. The van der Waals surface area contributed by atoms with Crippen molar-refractivity contribution in [3.63, 3.8) is 0 Å². The Balaban J connectivity index is 1.56. The first-order chi connectivity index (χ1) is 9.31. The quantitative estimate of drug-likeness (QED) is 0.912. The van der Waals surface area contributed by atoms with Gasteiger partial charge in [0, 0.05) is 19.6 Å². The van der Waals surface area contributed by atoms with Crippen molar-refractivity contribution in [2.45, 2.75) is 12.5 Å². The minimum Gasteiger partial charge on any atom is -0.492 e. The Bertz CT molecular complexity index is 555. The highest BCUT2D eigenvalue weighted by atomic mass is 16.5. The molecule has 1 heterocycles. The summed E-state index contributed by atoms with van der Waals surface area (Å²) in [5.74, 6) is 0.915. The molecule has 1 fully saturated rings. The Morgan fingerprint density at radius 3 is 2.79 bits per heavy atom. The van der Waals surface area contributed by atoms with E-state index >= 15 is 0 Å². The number of nitrogens with zero attached hydrogens (tertiary/aromatic N) is 1. The molecule has 3 nitrogen and oxygen atoms in total. The zero-order valence-corrected chi connectivity index (χ0v) is 11.0. The van der Waals surface area contributed by atoms with Gasteiger partial charge in [0.1, 0.15) is 12.4 Å². The Morgan fingerprint density at radius 1 is 1.16 bits per heavy atom. The van der Waals surface area contributed by atoms with Crippen molar-refractivity contribution in [3.05, 3.63) is 42.5 Å². The third kappa shape index (κ3) is 3.06. The predicted octanol–water partition coefficient (Wildman–Crippen LogP) is 2.29. The number of rotatable bonds is 4. The van der Waals surface area contributed by atoms with Crippen LogP contribution in [-0.2, 0) is 0 Å². The van der Waals surface area contributed by atoms with Gasteiger partial charge in [0.2, 0.25) is 0 Å². The summed E-state index contributed by atoms with van der Waals surface area (Å²) in [6.07, 6.45) is 0.733. The molecule has 0 aliphatic carbocycles. The molecule has 3 heteroatoms. The second-order valence-electron chi connectivity index (χ2n) is 5.10. The molecule has 1 unspecified atom stereocenters. The number of aliphatic hydroxyl groups is 1. The van der Waals surface area contributed by atoms with E-state index in [1.165, 1.54) is 10.8 Å². The van der Waals surface area contributed by atoms with Crippen LogP contribution in [0, 0.1) is 0 Å². The average molecular weight is 257 g/mol. The Hall–Kier alpha value is -1.58. The molecule has 1 aliphatic rings. The molecule has 2 aromatic rings. The number of hydrogen-bond donors (Lipinski definition) is 1. The topological polar surface area (TPSA) is 32.7 Å². The Morgan fingerprint density at radius 2 is 2.00 bits per heavy atom. The number of ether oxygens (including phenoxy) is 1. The van der Waals surface area contributed by atoms with Gasteiger partial charge in [-0.15, -0.1) is 0 Å². The van der Waals surface area contributed by atoms with E-state index in [-0.39, 0.29) is 6.10 Å². The number of fused-ring (bicyclic) bond motifs is 1. The lowest BCUT2D eigenvalue weighted by atomic mass is 10.1. The van der Waals surface area contributed by atoms with E-state index in [0.717, 1.165) is 31.8 Å². The molecule has 3 rings (SSSR count). The maximum Gasteiger partial charge on any atom is 0.120 e. The molecule has 0 radical (unpaired) electrons. The monoisotopic (exact) mass is 257 g/mol. The first-order valence-corrected chi connectivity index (χ1v) is 6.83. The smallest absolute Gasteiger partial charge is 0.120 e. The van der Waals surface area contributed by atoms with E-state index in [9.17, 15) is 5.11 Å². The van der Waals surface area contributed by atoms with Gasteiger partial charge in [0.05, 0.1) is 6.10 Å². The number of likely N-dealkylation sites (tertiary alicyclic amines) is 1. The molecule has 0 aromatic heterocycles. The molecule has 19 heavy (non-hydrogen) atoms. The minimum atomic E-state index is -0.152. The van der Waals surface area contributed by atoms with Crippen LogP contribution < -0.4 is 4.74 Å². The van der Waals surface area contributed by atoms with Gasteiger partial charge in [-0.3, -0.25) is 4.90 Å². The van der Waals surface area contributed by atoms with Crippen LogP contribution in [0.1, 0.15) is 6.42 Å². The van der Waals surface area contributed by atoms with E-state index in [4.69, 9.17) is 4.74 Å². The van der Waals surface area contributed by atoms with Crippen molar-refractivity contribution in [1.82, 2.24) is 4.90 Å². The molecule has 0 saturated carbocycles. The third-order valence-corrected chi connectivity index (χ3v) is 3.64. The summed E-state index contributed by atoms with van der Waals surface area (Å²) in [5.41, 5.74) is 0. The van der Waals surface area contributed by atoms with Crippen LogP contribution in [-0.4, -0.2) is 42.4 Å². The lowest BCUT2D eigenvalue weighted by Crippen LogP contribution is -2.27. The van der Waals surface area contributed by atoms with Gasteiger partial charge in [0.25, 0.3) is 0 Å². The van der Waals surface area contributed by atoms with Gasteiger partial charge < -0.3 is 9.84 Å². The summed E-state index contributed by atoms with van der Waals surface area (Å²) in [4.78, 5) is 2.24. The van der Waals surface area contributed by atoms with Crippen LogP contribution in [0.25, 0.3) is 10.8 Å². The molecular weight excluding hydrogens is 238 g/mol. The zero-order valence-electron chi connectivity index (χ0n) is 11.0. The van der Waals surface area contributed by atoms with Crippen molar-refractivity contribution in [3.8, 4) is 5.75 Å². The Kier molecular flexibility index (Phi) is 3.67. The van der Waals surface area contributed by atoms with Crippen LogP contribution in [0.2, 0.25) is 0 Å². The van der Waals surface area contributed by atoms with Crippen LogP contribution in [0.15, 0.2) is 42.5 Å². The SMILES string of the molecule is OC1CCN(CCOc2ccc3ccccc3c2)C1. The molecule has 100 valence electrons. The highest BCUT2D eigenvalue weighted by Gasteiger charge is 2.19. The number of benzene rings is 2. The molecule has 0 amide bonds. The van der Waals surface area contributed by atoms with Crippen LogP contribution >= 0.6 is 0 Å². The van der Waals surface area contributed by atoms with E-state index in [1.54, 1.807) is 0 Å². The van der Waals surface area contributed by atoms with Gasteiger partial charge in [0.15, 0.2) is 0 Å². The lowest BCUT2D eigenvalue weighted by molar-refractivity contribution is 0.167. The van der Waals surface area contributed by atoms with Gasteiger partial charge in [-0.25, -0.2) is 0 Å². The van der Waals surface area contributed by atoms with E-state index in [1.807, 2.05) is 18.2 Å². The zero-order chi connectivity index (χ0) is 13.1. The van der Waals surface area contributed by atoms with Gasteiger partial charge >= 0.3 is 0 Å². The summed E-state index contributed by atoms with van der Waals surface area (Å²) in [7, 11) is 0. The van der Waals surface area contributed by atoms with Crippen molar-refractivity contribution in [1.29, 1.82) is 0 Å². The maximum atomic E-state index is 9.45. The van der Waals surface area contributed by atoms with Gasteiger partial charge in [-0.2, -0.15) is 0 Å². The van der Waals surface area contributed by atoms with E-state index in [2.05, 4.69) is 29.2 Å². The number of aliphatic hydroxyl groups excluding tert-OH is 1. The molecular formula is C16H19NO2. The first-order valence-electron chi connectivity index (χ1n) is 6.83. The van der Waals surface area contributed by atoms with Gasteiger partial charge in [-0.05, 0) is 29.3 Å². The number of hydrogen-bond acceptors (Lipinski definition) is 3. The maximum absolute atomic E-state index is 9.45. The normalized spacial score (nSPS) is 19.9. The van der Waals surface area contributed by atoms with E-state index < -0.39 is 0 Å². The largest absolute Gasteiger partial charge is 0.492 e. The van der Waals surface area contributed by atoms with Crippen molar-refractivity contribution in [2.75, 3.05) is 26.2 Å². The standard InChI is InChI=1S/C16H19NO2/c18-15-7-8-17(12-15)9-10-19-16-6-5-13-3-1-2-4-14(13)11-16/h1-6,11,15,18H,7-10,12H2. The molecule has 1 atom stereocenters. The van der Waals surface area contributed by atoms with E-state index in [0.29, 0.717) is 6.61 Å². The van der Waals surface area contributed by atoms with Crippen LogP contribution in [0.3, 0.4) is 0 Å². The third-order valence-electron chi connectivity index (χ3n) is 3.64. The average Bonchev–Trinajstić information content (AvgIpc) is 2.84. The highest BCUT2D eigenvalue weighted by molar-refractivity contribution is 5.83. The van der Waals surface area contributed by atoms with Crippen molar-refractivity contribution in [2.24, 2.45) is 0 Å². The summed E-state index contributed by atoms with van der Waals surface area (Å²) >= 11 is 0. The molecule has 1 aliphatic heterocycles. The second kappa shape index (κ2) is 5.59. The summed E-state index contributed by atoms with van der Waals surface area (Å²) in [6, 6.07) is 14.5. The fourth-order valence-corrected chi connectivity index (χ4v) is 2.57. The van der Waals surface area contributed by atoms with Crippen molar-refractivity contribution >= 4 is 10.8 Å². The molecule has 1 N–H and O–H groups in total. The highest BCUT2D eigenvalue weighted by Crippen LogP contribution is 2.20. The Labute approximate surface area is 113 Å². The van der Waals surface area contributed by atoms with Crippen molar-refractivity contribution < 1.29 is 9.84 Å².